The Labute approximate surface area is 106 Å². The second-order valence-corrected chi connectivity index (χ2v) is 4.30. The van der Waals surface area contributed by atoms with Crippen LogP contribution in [0.4, 0.5) is 13.2 Å². The van der Waals surface area contributed by atoms with Crippen molar-refractivity contribution in [3.8, 4) is 0 Å². The molecule has 0 saturated carbocycles. The van der Waals surface area contributed by atoms with Gasteiger partial charge in [0.15, 0.2) is 0 Å². The summed E-state index contributed by atoms with van der Waals surface area (Å²) < 4.78 is 37.3. The summed E-state index contributed by atoms with van der Waals surface area (Å²) in [4.78, 5) is 1.41. The molecule has 2 N–H and O–H groups in total. The van der Waals surface area contributed by atoms with E-state index in [-0.39, 0.29) is 0 Å². The number of hydrogen-bond donors (Lipinski definition) is 1. The van der Waals surface area contributed by atoms with Gasteiger partial charge in [0, 0.05) is 13.1 Å². The maximum Gasteiger partial charge on any atom is 0.401 e. The van der Waals surface area contributed by atoms with E-state index in [0.717, 1.165) is 11.1 Å². The van der Waals surface area contributed by atoms with Gasteiger partial charge >= 0.3 is 6.18 Å². The minimum atomic E-state index is -4.16. The van der Waals surface area contributed by atoms with Crippen molar-refractivity contribution in [3.05, 3.63) is 35.4 Å². The summed E-state index contributed by atoms with van der Waals surface area (Å²) in [6.07, 6.45) is -3.46. The van der Waals surface area contributed by atoms with E-state index in [1.54, 1.807) is 0 Å². The molecule has 0 heterocycles. The van der Waals surface area contributed by atoms with Crippen molar-refractivity contribution < 1.29 is 13.2 Å². The van der Waals surface area contributed by atoms with Crippen LogP contribution in [0.15, 0.2) is 24.3 Å². The first-order valence-electron chi connectivity index (χ1n) is 6.02. The van der Waals surface area contributed by atoms with Crippen LogP contribution in [0.3, 0.4) is 0 Å². The highest BCUT2D eigenvalue weighted by molar-refractivity contribution is 5.26. The molecule has 0 atom stereocenters. The summed E-state index contributed by atoms with van der Waals surface area (Å²) in [7, 11) is 0. The lowest BCUT2D eigenvalue weighted by molar-refractivity contribution is -0.147. The molecule has 0 fully saturated rings. The zero-order valence-electron chi connectivity index (χ0n) is 10.5. The SMILES string of the molecule is CCCN(Cc1ccccc1CN)CC(F)(F)F. The summed E-state index contributed by atoms with van der Waals surface area (Å²) in [5.74, 6) is 0. The molecule has 1 rings (SSSR count). The van der Waals surface area contributed by atoms with Crippen LogP contribution in [0.5, 0.6) is 0 Å². The molecule has 102 valence electrons. The number of alkyl halides is 3. The molecular formula is C13H19F3N2. The zero-order chi connectivity index (χ0) is 13.6. The van der Waals surface area contributed by atoms with E-state index in [9.17, 15) is 13.2 Å². The molecule has 0 aliphatic heterocycles. The van der Waals surface area contributed by atoms with E-state index in [1.807, 2.05) is 31.2 Å². The van der Waals surface area contributed by atoms with Gasteiger partial charge in [-0.05, 0) is 24.1 Å². The Morgan fingerprint density at radius 2 is 1.78 bits per heavy atom. The summed E-state index contributed by atoms with van der Waals surface area (Å²) in [5.41, 5.74) is 7.36. The lowest BCUT2D eigenvalue weighted by Gasteiger charge is -2.24. The topological polar surface area (TPSA) is 29.3 Å². The third kappa shape index (κ3) is 5.06. The molecule has 5 heteroatoms. The van der Waals surface area contributed by atoms with Crippen LogP contribution in [0, 0.1) is 0 Å². The van der Waals surface area contributed by atoms with Crippen molar-refractivity contribution in [2.24, 2.45) is 5.73 Å². The van der Waals surface area contributed by atoms with Gasteiger partial charge in [-0.2, -0.15) is 13.2 Å². The first-order valence-corrected chi connectivity index (χ1v) is 6.02. The first kappa shape index (κ1) is 15.0. The monoisotopic (exact) mass is 260 g/mol. The van der Waals surface area contributed by atoms with Gasteiger partial charge in [0.25, 0.3) is 0 Å². The molecule has 0 saturated heterocycles. The predicted molar refractivity (Wildman–Crippen MR) is 66.0 cm³/mol. The van der Waals surface area contributed by atoms with Crippen molar-refractivity contribution in [2.75, 3.05) is 13.1 Å². The van der Waals surface area contributed by atoms with Gasteiger partial charge in [-0.15, -0.1) is 0 Å². The summed E-state index contributed by atoms with van der Waals surface area (Å²) >= 11 is 0. The number of nitrogens with two attached hydrogens (primary N) is 1. The molecule has 0 amide bonds. The van der Waals surface area contributed by atoms with Crippen molar-refractivity contribution >= 4 is 0 Å². The van der Waals surface area contributed by atoms with Crippen molar-refractivity contribution in [2.45, 2.75) is 32.6 Å². The molecule has 0 radical (unpaired) electrons. The maximum atomic E-state index is 12.4. The maximum absolute atomic E-state index is 12.4. The molecular weight excluding hydrogens is 241 g/mol. The highest BCUT2D eigenvalue weighted by atomic mass is 19.4. The average molecular weight is 260 g/mol. The summed E-state index contributed by atoms with van der Waals surface area (Å²) in [6.45, 7) is 2.07. The highest BCUT2D eigenvalue weighted by Crippen LogP contribution is 2.19. The third-order valence-electron chi connectivity index (χ3n) is 2.67. The Bertz CT molecular complexity index is 363. The molecule has 0 aliphatic carbocycles. The van der Waals surface area contributed by atoms with Gasteiger partial charge in [0.2, 0.25) is 0 Å². The average Bonchev–Trinajstić information content (AvgIpc) is 2.28. The van der Waals surface area contributed by atoms with Crippen LogP contribution >= 0.6 is 0 Å². The van der Waals surface area contributed by atoms with E-state index < -0.39 is 12.7 Å². The second-order valence-electron chi connectivity index (χ2n) is 4.30. The molecule has 1 aromatic carbocycles. The molecule has 0 bridgehead atoms. The van der Waals surface area contributed by atoms with Gasteiger partial charge in [0.1, 0.15) is 0 Å². The normalized spacial score (nSPS) is 12.1. The largest absolute Gasteiger partial charge is 0.401 e. The van der Waals surface area contributed by atoms with Crippen molar-refractivity contribution in [3.63, 3.8) is 0 Å². The highest BCUT2D eigenvalue weighted by Gasteiger charge is 2.30. The van der Waals surface area contributed by atoms with Gasteiger partial charge in [-0.3, -0.25) is 4.90 Å². The summed E-state index contributed by atoms with van der Waals surface area (Å²) in [6, 6.07) is 7.36. The van der Waals surface area contributed by atoms with Crippen LogP contribution in [-0.2, 0) is 13.1 Å². The van der Waals surface area contributed by atoms with Gasteiger partial charge in [0.05, 0.1) is 6.54 Å². The number of hydrogen-bond acceptors (Lipinski definition) is 2. The lowest BCUT2D eigenvalue weighted by Crippen LogP contribution is -2.34. The number of nitrogens with zero attached hydrogens (tertiary/aromatic N) is 1. The Balaban J connectivity index is 2.76. The first-order chi connectivity index (χ1) is 8.46. The minimum absolute atomic E-state index is 0.292. The van der Waals surface area contributed by atoms with Gasteiger partial charge < -0.3 is 5.73 Å². The van der Waals surface area contributed by atoms with Crippen LogP contribution < -0.4 is 5.73 Å². The Morgan fingerprint density at radius 1 is 1.17 bits per heavy atom. The predicted octanol–water partition coefficient (Wildman–Crippen LogP) is 2.92. The molecule has 0 aromatic heterocycles. The van der Waals surface area contributed by atoms with Gasteiger partial charge in [-0.25, -0.2) is 0 Å². The van der Waals surface area contributed by atoms with Crippen LogP contribution in [0.2, 0.25) is 0 Å². The van der Waals surface area contributed by atoms with E-state index >= 15 is 0 Å². The Morgan fingerprint density at radius 3 is 2.28 bits per heavy atom. The molecule has 1 aromatic rings. The van der Waals surface area contributed by atoms with E-state index in [0.29, 0.717) is 26.1 Å². The molecule has 0 unspecified atom stereocenters. The fraction of sp³-hybridized carbons (Fsp3) is 0.538. The van der Waals surface area contributed by atoms with Crippen LogP contribution in [0.25, 0.3) is 0 Å². The lowest BCUT2D eigenvalue weighted by atomic mass is 10.1. The quantitative estimate of drug-likeness (QED) is 0.852. The number of benzene rings is 1. The van der Waals surface area contributed by atoms with E-state index in [4.69, 9.17) is 5.73 Å². The third-order valence-corrected chi connectivity index (χ3v) is 2.67. The Kier molecular flexibility index (Phi) is 5.62. The molecule has 2 nitrogen and oxygen atoms in total. The van der Waals surface area contributed by atoms with E-state index in [1.165, 1.54) is 4.90 Å². The second kappa shape index (κ2) is 6.75. The molecule has 0 spiro atoms. The standard InChI is InChI=1S/C13H19F3N2/c1-2-7-18(10-13(14,15)16)9-12-6-4-3-5-11(12)8-17/h3-6H,2,7-10,17H2,1H3. The zero-order valence-corrected chi connectivity index (χ0v) is 10.5. The van der Waals surface area contributed by atoms with Crippen LogP contribution in [0.1, 0.15) is 24.5 Å². The van der Waals surface area contributed by atoms with Crippen LogP contribution in [-0.4, -0.2) is 24.2 Å². The molecule has 18 heavy (non-hydrogen) atoms. The molecule has 0 aliphatic rings. The van der Waals surface area contributed by atoms with Gasteiger partial charge in [-0.1, -0.05) is 31.2 Å². The fourth-order valence-corrected chi connectivity index (χ4v) is 1.94. The van der Waals surface area contributed by atoms with E-state index in [2.05, 4.69) is 0 Å². The number of rotatable bonds is 6. The van der Waals surface area contributed by atoms with Crippen molar-refractivity contribution in [1.82, 2.24) is 4.90 Å². The smallest absolute Gasteiger partial charge is 0.326 e. The Hall–Kier alpha value is -1.07. The summed E-state index contributed by atoms with van der Waals surface area (Å²) in [5, 5.41) is 0. The van der Waals surface area contributed by atoms with Crippen molar-refractivity contribution in [1.29, 1.82) is 0 Å². The minimum Gasteiger partial charge on any atom is -0.326 e. The number of halogens is 3. The fourth-order valence-electron chi connectivity index (χ4n) is 1.94.